The summed E-state index contributed by atoms with van der Waals surface area (Å²) >= 11 is 0. The minimum atomic E-state index is -0.164. The fourth-order valence-electron chi connectivity index (χ4n) is 2.45. The van der Waals surface area contributed by atoms with Crippen molar-refractivity contribution >= 4 is 23.2 Å². The number of nitrogens with one attached hydrogen (secondary N) is 2. The highest BCUT2D eigenvalue weighted by atomic mass is 16.2. The summed E-state index contributed by atoms with van der Waals surface area (Å²) in [6, 6.07) is 15.3. The van der Waals surface area contributed by atoms with E-state index >= 15 is 0 Å². The Balaban J connectivity index is 2.09. The zero-order valence-corrected chi connectivity index (χ0v) is 14.3. The minimum absolute atomic E-state index is 0.151. The van der Waals surface area contributed by atoms with E-state index in [0.717, 1.165) is 12.1 Å². The predicted octanol–water partition coefficient (Wildman–Crippen LogP) is 2.68. The first-order chi connectivity index (χ1) is 11.5. The van der Waals surface area contributed by atoms with E-state index in [2.05, 4.69) is 10.6 Å². The highest BCUT2D eigenvalue weighted by Gasteiger charge is 2.14. The van der Waals surface area contributed by atoms with Crippen LogP contribution in [-0.4, -0.2) is 32.5 Å². The number of carbonyl (C=O) groups excluding carboxylic acids is 2. The number of amides is 2. The lowest BCUT2D eigenvalue weighted by molar-refractivity contribution is -0.114. The maximum absolute atomic E-state index is 12.5. The molecule has 0 bridgehead atoms. The van der Waals surface area contributed by atoms with Crippen LogP contribution >= 0.6 is 0 Å². The zero-order valence-electron chi connectivity index (χ0n) is 14.3. The molecule has 0 aliphatic rings. The lowest BCUT2D eigenvalue weighted by atomic mass is 10.1. The fourth-order valence-corrected chi connectivity index (χ4v) is 2.45. The Bertz CT molecular complexity index is 712. The maximum atomic E-state index is 12.5. The molecule has 0 atom stereocenters. The summed E-state index contributed by atoms with van der Waals surface area (Å²) in [5.74, 6) is -0.315. The largest absolute Gasteiger partial charge is 0.377 e. The number of anilines is 2. The molecule has 2 aromatic carbocycles. The fraction of sp³-hybridized carbons (Fsp3) is 0.263. The predicted molar refractivity (Wildman–Crippen MR) is 97.6 cm³/mol. The van der Waals surface area contributed by atoms with Crippen LogP contribution in [0.25, 0.3) is 0 Å². The molecule has 5 nitrogen and oxygen atoms in total. The molecule has 5 heteroatoms. The molecule has 24 heavy (non-hydrogen) atoms. The van der Waals surface area contributed by atoms with Crippen LogP contribution in [0.15, 0.2) is 48.5 Å². The molecular formula is C19H23N3O2. The summed E-state index contributed by atoms with van der Waals surface area (Å²) in [6.07, 6.45) is 0.773. The van der Waals surface area contributed by atoms with Crippen molar-refractivity contribution in [1.82, 2.24) is 5.32 Å². The third-order valence-corrected chi connectivity index (χ3v) is 3.59. The summed E-state index contributed by atoms with van der Waals surface area (Å²) in [7, 11) is 3.77. The van der Waals surface area contributed by atoms with Crippen molar-refractivity contribution in [2.24, 2.45) is 0 Å². The topological polar surface area (TPSA) is 61.4 Å². The van der Waals surface area contributed by atoms with Crippen LogP contribution in [0.5, 0.6) is 0 Å². The Labute approximate surface area is 142 Å². The van der Waals surface area contributed by atoms with Gasteiger partial charge in [0.2, 0.25) is 5.91 Å². The molecule has 0 saturated heterocycles. The van der Waals surface area contributed by atoms with Crippen LogP contribution in [-0.2, 0) is 11.2 Å². The van der Waals surface area contributed by atoms with E-state index in [0.29, 0.717) is 17.8 Å². The summed E-state index contributed by atoms with van der Waals surface area (Å²) in [4.78, 5) is 25.6. The van der Waals surface area contributed by atoms with Crippen LogP contribution in [0.4, 0.5) is 11.4 Å². The van der Waals surface area contributed by atoms with Gasteiger partial charge in [0.1, 0.15) is 0 Å². The lowest BCUT2D eigenvalue weighted by Crippen LogP contribution is -2.27. The number of benzene rings is 2. The SMILES string of the molecule is CC(=O)Nc1ccc(N(C)C)c(C(=O)NCCc2ccccc2)c1. The van der Waals surface area contributed by atoms with E-state index in [4.69, 9.17) is 0 Å². The van der Waals surface area contributed by atoms with Crippen molar-refractivity contribution in [3.8, 4) is 0 Å². The van der Waals surface area contributed by atoms with Crippen molar-refractivity contribution in [3.05, 3.63) is 59.7 Å². The lowest BCUT2D eigenvalue weighted by Gasteiger charge is -2.18. The molecule has 0 saturated carbocycles. The standard InChI is InChI=1S/C19H23N3O2/c1-14(23)21-16-9-10-18(22(2)3)17(13-16)19(24)20-12-11-15-7-5-4-6-8-15/h4-10,13H,11-12H2,1-3H3,(H,20,24)(H,21,23). The van der Waals surface area contributed by atoms with Gasteiger partial charge in [-0.05, 0) is 30.2 Å². The molecule has 0 aliphatic heterocycles. The van der Waals surface area contributed by atoms with E-state index in [1.54, 1.807) is 12.1 Å². The number of hydrogen-bond donors (Lipinski definition) is 2. The first-order valence-corrected chi connectivity index (χ1v) is 7.88. The van der Waals surface area contributed by atoms with Gasteiger partial charge in [0.05, 0.1) is 5.56 Å². The van der Waals surface area contributed by atoms with Gasteiger partial charge in [-0.25, -0.2) is 0 Å². The second-order valence-corrected chi connectivity index (χ2v) is 5.80. The average molecular weight is 325 g/mol. The molecule has 2 N–H and O–H groups in total. The molecular weight excluding hydrogens is 302 g/mol. The van der Waals surface area contributed by atoms with Crippen LogP contribution in [0.1, 0.15) is 22.8 Å². The van der Waals surface area contributed by atoms with Gasteiger partial charge in [-0.15, -0.1) is 0 Å². The number of carbonyl (C=O) groups is 2. The molecule has 2 amide bonds. The quantitative estimate of drug-likeness (QED) is 0.858. The van der Waals surface area contributed by atoms with E-state index in [-0.39, 0.29) is 11.8 Å². The third-order valence-electron chi connectivity index (χ3n) is 3.59. The Hall–Kier alpha value is -2.82. The zero-order chi connectivity index (χ0) is 17.5. The number of rotatable bonds is 6. The first kappa shape index (κ1) is 17.5. The minimum Gasteiger partial charge on any atom is -0.377 e. The van der Waals surface area contributed by atoms with E-state index in [9.17, 15) is 9.59 Å². The van der Waals surface area contributed by atoms with E-state index < -0.39 is 0 Å². The molecule has 2 rings (SSSR count). The van der Waals surface area contributed by atoms with Crippen molar-refractivity contribution in [1.29, 1.82) is 0 Å². The molecule has 0 aliphatic carbocycles. The maximum Gasteiger partial charge on any atom is 0.253 e. The van der Waals surface area contributed by atoms with E-state index in [1.165, 1.54) is 12.5 Å². The van der Waals surface area contributed by atoms with Crippen molar-refractivity contribution in [2.75, 3.05) is 30.9 Å². The summed E-state index contributed by atoms with van der Waals surface area (Å²) in [5, 5.41) is 5.66. The van der Waals surface area contributed by atoms with Crippen LogP contribution < -0.4 is 15.5 Å². The third kappa shape index (κ3) is 4.84. The smallest absolute Gasteiger partial charge is 0.253 e. The molecule has 126 valence electrons. The normalized spacial score (nSPS) is 10.1. The van der Waals surface area contributed by atoms with Gasteiger partial charge in [-0.3, -0.25) is 9.59 Å². The van der Waals surface area contributed by atoms with Crippen LogP contribution in [0.3, 0.4) is 0 Å². The Morgan fingerprint density at radius 3 is 2.38 bits per heavy atom. The first-order valence-electron chi connectivity index (χ1n) is 7.88. The van der Waals surface area contributed by atoms with Gasteiger partial charge in [0.25, 0.3) is 5.91 Å². The summed E-state index contributed by atoms with van der Waals surface area (Å²) < 4.78 is 0. The highest BCUT2D eigenvalue weighted by molar-refractivity contribution is 6.01. The number of hydrogen-bond acceptors (Lipinski definition) is 3. The average Bonchev–Trinajstić information content (AvgIpc) is 2.55. The molecule has 0 radical (unpaired) electrons. The second-order valence-electron chi connectivity index (χ2n) is 5.80. The highest BCUT2D eigenvalue weighted by Crippen LogP contribution is 2.23. The van der Waals surface area contributed by atoms with Crippen molar-refractivity contribution in [2.45, 2.75) is 13.3 Å². The Kier molecular flexibility index (Phi) is 5.95. The van der Waals surface area contributed by atoms with E-state index in [1.807, 2.05) is 55.4 Å². The summed E-state index contributed by atoms with van der Waals surface area (Å²) in [5.41, 5.74) is 3.14. The molecule has 0 unspecified atom stereocenters. The van der Waals surface area contributed by atoms with Gasteiger partial charge < -0.3 is 15.5 Å². The van der Waals surface area contributed by atoms with Gasteiger partial charge >= 0.3 is 0 Å². The molecule has 0 aromatic heterocycles. The molecule has 0 fully saturated rings. The molecule has 2 aromatic rings. The monoisotopic (exact) mass is 325 g/mol. The van der Waals surface area contributed by atoms with Crippen LogP contribution in [0, 0.1) is 0 Å². The van der Waals surface area contributed by atoms with Gasteiger partial charge in [0, 0.05) is 38.9 Å². The van der Waals surface area contributed by atoms with Crippen molar-refractivity contribution in [3.63, 3.8) is 0 Å². The second kappa shape index (κ2) is 8.15. The molecule has 0 spiro atoms. The Morgan fingerprint density at radius 2 is 1.75 bits per heavy atom. The van der Waals surface area contributed by atoms with Crippen LogP contribution in [0.2, 0.25) is 0 Å². The van der Waals surface area contributed by atoms with Crippen molar-refractivity contribution < 1.29 is 9.59 Å². The van der Waals surface area contributed by atoms with Gasteiger partial charge in [-0.1, -0.05) is 30.3 Å². The van der Waals surface area contributed by atoms with Gasteiger partial charge in [-0.2, -0.15) is 0 Å². The summed E-state index contributed by atoms with van der Waals surface area (Å²) in [6.45, 7) is 2.00. The van der Waals surface area contributed by atoms with Gasteiger partial charge in [0.15, 0.2) is 0 Å². The number of nitrogens with zero attached hydrogens (tertiary/aromatic N) is 1. The molecule has 0 heterocycles. The Morgan fingerprint density at radius 1 is 1.04 bits per heavy atom.